The van der Waals surface area contributed by atoms with Crippen LogP contribution in [0, 0.1) is 11.7 Å². The van der Waals surface area contributed by atoms with Crippen LogP contribution in [-0.2, 0) is 0 Å². The average molecular weight is 210 g/mol. The lowest BCUT2D eigenvalue weighted by atomic mass is 10.1. The monoisotopic (exact) mass is 210 g/mol. The maximum absolute atomic E-state index is 13.3. The van der Waals surface area contributed by atoms with Crippen molar-refractivity contribution < 1.29 is 9.18 Å². The zero-order chi connectivity index (χ0) is 11.4. The number of carbonyl (C=O) groups excluding carboxylic acids is 1. The Morgan fingerprint density at radius 3 is 2.73 bits per heavy atom. The van der Waals surface area contributed by atoms with Crippen molar-refractivity contribution in [3.05, 3.63) is 29.6 Å². The van der Waals surface area contributed by atoms with Crippen molar-refractivity contribution in [2.75, 3.05) is 12.3 Å². The molecule has 0 unspecified atom stereocenters. The van der Waals surface area contributed by atoms with Gasteiger partial charge in [0.2, 0.25) is 0 Å². The molecule has 3 nitrogen and oxygen atoms in total. The predicted octanol–water partition coefficient (Wildman–Crippen LogP) is 1.79. The Kier molecular flexibility index (Phi) is 3.66. The van der Waals surface area contributed by atoms with Gasteiger partial charge in [-0.15, -0.1) is 0 Å². The van der Waals surface area contributed by atoms with Gasteiger partial charge in [-0.2, -0.15) is 0 Å². The molecular weight excluding hydrogens is 195 g/mol. The minimum atomic E-state index is -0.587. The zero-order valence-electron chi connectivity index (χ0n) is 8.88. The molecule has 1 aromatic carbocycles. The fourth-order valence-electron chi connectivity index (χ4n) is 1.11. The summed E-state index contributed by atoms with van der Waals surface area (Å²) in [4.78, 5) is 11.5. The highest BCUT2D eigenvalue weighted by molar-refractivity contribution is 5.94. The molecule has 1 rings (SSSR count). The van der Waals surface area contributed by atoms with Gasteiger partial charge in [0.05, 0.1) is 5.56 Å². The highest BCUT2D eigenvalue weighted by Gasteiger charge is 2.11. The van der Waals surface area contributed by atoms with E-state index in [0.29, 0.717) is 18.2 Å². The van der Waals surface area contributed by atoms with Crippen LogP contribution in [0.3, 0.4) is 0 Å². The van der Waals surface area contributed by atoms with Crippen LogP contribution in [-0.4, -0.2) is 12.5 Å². The first-order valence-electron chi connectivity index (χ1n) is 4.84. The van der Waals surface area contributed by atoms with Gasteiger partial charge in [-0.05, 0) is 24.1 Å². The van der Waals surface area contributed by atoms with Crippen LogP contribution >= 0.6 is 0 Å². The minimum absolute atomic E-state index is 0.0323. The van der Waals surface area contributed by atoms with Crippen molar-refractivity contribution in [3.8, 4) is 0 Å². The van der Waals surface area contributed by atoms with Gasteiger partial charge >= 0.3 is 0 Å². The fourth-order valence-corrected chi connectivity index (χ4v) is 1.11. The summed E-state index contributed by atoms with van der Waals surface area (Å²) < 4.78 is 13.3. The first kappa shape index (κ1) is 11.5. The molecule has 0 aliphatic rings. The number of carbonyl (C=O) groups is 1. The Morgan fingerprint density at radius 1 is 1.53 bits per heavy atom. The molecule has 3 N–H and O–H groups in total. The summed E-state index contributed by atoms with van der Waals surface area (Å²) >= 11 is 0. The smallest absolute Gasteiger partial charge is 0.254 e. The largest absolute Gasteiger partial charge is 0.399 e. The standard InChI is InChI=1S/C11H15FN2O/c1-7(2)6-14-11(15)9-4-3-8(13)5-10(9)12/h3-5,7H,6,13H2,1-2H3,(H,14,15). The molecule has 0 fully saturated rings. The van der Waals surface area contributed by atoms with E-state index in [9.17, 15) is 9.18 Å². The van der Waals surface area contributed by atoms with Gasteiger partial charge in [0, 0.05) is 12.2 Å². The Labute approximate surface area is 88.5 Å². The van der Waals surface area contributed by atoms with Crippen LogP contribution in [0.2, 0.25) is 0 Å². The molecule has 1 amide bonds. The topological polar surface area (TPSA) is 55.1 Å². The first-order valence-corrected chi connectivity index (χ1v) is 4.84. The van der Waals surface area contributed by atoms with Gasteiger partial charge in [0.1, 0.15) is 5.82 Å². The van der Waals surface area contributed by atoms with Crippen LogP contribution in [0.15, 0.2) is 18.2 Å². The molecule has 0 saturated heterocycles. The van der Waals surface area contributed by atoms with Gasteiger partial charge in [0.15, 0.2) is 0 Å². The van der Waals surface area contributed by atoms with E-state index >= 15 is 0 Å². The molecule has 82 valence electrons. The molecule has 0 aliphatic carbocycles. The van der Waals surface area contributed by atoms with Crippen molar-refractivity contribution in [1.29, 1.82) is 0 Å². The van der Waals surface area contributed by atoms with E-state index in [1.54, 1.807) is 0 Å². The third kappa shape index (κ3) is 3.23. The number of anilines is 1. The summed E-state index contributed by atoms with van der Waals surface area (Å²) in [5, 5.41) is 2.64. The zero-order valence-corrected chi connectivity index (χ0v) is 8.88. The van der Waals surface area contributed by atoms with Gasteiger partial charge in [-0.1, -0.05) is 13.8 Å². The molecular formula is C11H15FN2O. The van der Waals surface area contributed by atoms with Crippen LogP contribution < -0.4 is 11.1 Å². The highest BCUT2D eigenvalue weighted by atomic mass is 19.1. The van der Waals surface area contributed by atoms with E-state index in [4.69, 9.17) is 5.73 Å². The number of hydrogen-bond donors (Lipinski definition) is 2. The van der Waals surface area contributed by atoms with Crippen molar-refractivity contribution in [3.63, 3.8) is 0 Å². The number of rotatable bonds is 3. The third-order valence-electron chi connectivity index (χ3n) is 1.91. The van der Waals surface area contributed by atoms with Gasteiger partial charge in [0.25, 0.3) is 5.91 Å². The van der Waals surface area contributed by atoms with Crippen LogP contribution in [0.4, 0.5) is 10.1 Å². The molecule has 0 heterocycles. The molecule has 15 heavy (non-hydrogen) atoms. The van der Waals surface area contributed by atoms with Crippen molar-refractivity contribution in [2.24, 2.45) is 5.92 Å². The molecule has 0 saturated carbocycles. The number of nitrogens with one attached hydrogen (secondary N) is 1. The fraction of sp³-hybridized carbons (Fsp3) is 0.364. The van der Waals surface area contributed by atoms with Crippen molar-refractivity contribution >= 4 is 11.6 Å². The van der Waals surface area contributed by atoms with E-state index in [1.165, 1.54) is 12.1 Å². The summed E-state index contributed by atoms with van der Waals surface area (Å²) in [6.07, 6.45) is 0. The SMILES string of the molecule is CC(C)CNC(=O)c1ccc(N)cc1F. The maximum atomic E-state index is 13.3. The van der Waals surface area contributed by atoms with Crippen LogP contribution in [0.5, 0.6) is 0 Å². The number of nitrogen functional groups attached to an aromatic ring is 1. The summed E-state index contributed by atoms with van der Waals surface area (Å²) in [5.74, 6) is -0.650. The lowest BCUT2D eigenvalue weighted by Crippen LogP contribution is -2.28. The van der Waals surface area contributed by atoms with E-state index < -0.39 is 11.7 Å². The van der Waals surface area contributed by atoms with Crippen molar-refractivity contribution in [2.45, 2.75) is 13.8 Å². The molecule has 1 aromatic rings. The lowest BCUT2D eigenvalue weighted by molar-refractivity contribution is 0.0945. The number of nitrogens with two attached hydrogens (primary N) is 1. The molecule has 0 bridgehead atoms. The number of benzene rings is 1. The highest BCUT2D eigenvalue weighted by Crippen LogP contribution is 2.11. The number of hydrogen-bond acceptors (Lipinski definition) is 2. The van der Waals surface area contributed by atoms with Gasteiger partial charge < -0.3 is 11.1 Å². The second-order valence-corrected chi connectivity index (χ2v) is 3.84. The van der Waals surface area contributed by atoms with Gasteiger partial charge in [-0.3, -0.25) is 4.79 Å². The van der Waals surface area contributed by atoms with Gasteiger partial charge in [-0.25, -0.2) is 4.39 Å². The van der Waals surface area contributed by atoms with E-state index in [-0.39, 0.29) is 5.56 Å². The Balaban J connectivity index is 2.74. The van der Waals surface area contributed by atoms with E-state index in [1.807, 2.05) is 13.8 Å². The predicted molar refractivity (Wildman–Crippen MR) is 58.0 cm³/mol. The van der Waals surface area contributed by atoms with Crippen LogP contribution in [0.1, 0.15) is 24.2 Å². The maximum Gasteiger partial charge on any atom is 0.254 e. The van der Waals surface area contributed by atoms with Crippen LogP contribution in [0.25, 0.3) is 0 Å². The Bertz CT molecular complexity index is 364. The molecule has 0 spiro atoms. The Morgan fingerprint density at radius 2 is 2.20 bits per heavy atom. The molecule has 0 aliphatic heterocycles. The second-order valence-electron chi connectivity index (χ2n) is 3.84. The van der Waals surface area contributed by atoms with E-state index in [0.717, 1.165) is 6.07 Å². The molecule has 0 aromatic heterocycles. The minimum Gasteiger partial charge on any atom is -0.399 e. The molecule has 0 atom stereocenters. The number of amides is 1. The number of halogens is 1. The van der Waals surface area contributed by atoms with Crippen molar-refractivity contribution in [1.82, 2.24) is 5.32 Å². The third-order valence-corrected chi connectivity index (χ3v) is 1.91. The lowest BCUT2D eigenvalue weighted by Gasteiger charge is -2.08. The summed E-state index contributed by atoms with van der Waals surface area (Å²) in [6.45, 7) is 4.47. The first-order chi connectivity index (χ1) is 7.00. The second kappa shape index (κ2) is 4.77. The Hall–Kier alpha value is -1.58. The normalized spacial score (nSPS) is 10.4. The summed E-state index contributed by atoms with van der Waals surface area (Å²) in [6, 6.07) is 4.04. The quantitative estimate of drug-likeness (QED) is 0.747. The molecule has 0 radical (unpaired) electrons. The summed E-state index contributed by atoms with van der Waals surface area (Å²) in [5.41, 5.74) is 5.72. The van der Waals surface area contributed by atoms with E-state index in [2.05, 4.69) is 5.32 Å². The summed E-state index contributed by atoms with van der Waals surface area (Å²) in [7, 11) is 0. The molecule has 4 heteroatoms. The average Bonchev–Trinajstić information content (AvgIpc) is 2.14.